The summed E-state index contributed by atoms with van der Waals surface area (Å²) in [7, 11) is 1.89. The molecular weight excluding hydrogens is 320 g/mol. The van der Waals surface area contributed by atoms with E-state index >= 15 is 0 Å². The van der Waals surface area contributed by atoms with Crippen molar-refractivity contribution in [3.63, 3.8) is 0 Å². The number of hydrogen-bond donors (Lipinski definition) is 1. The maximum atomic E-state index is 11.9. The van der Waals surface area contributed by atoms with Gasteiger partial charge in [0.25, 0.3) is 0 Å². The van der Waals surface area contributed by atoms with Crippen LogP contribution in [0.1, 0.15) is 11.5 Å². The SMILES string of the molecule is Cc1ccc(CN(C)CC(=O)Nc2ccc(Br)cc2)o1. The number of amides is 1. The molecule has 1 heterocycles. The summed E-state index contributed by atoms with van der Waals surface area (Å²) >= 11 is 3.36. The zero-order chi connectivity index (χ0) is 14.5. The van der Waals surface area contributed by atoms with Gasteiger partial charge in [0.05, 0.1) is 13.1 Å². The first-order valence-electron chi connectivity index (χ1n) is 6.32. The number of aryl methyl sites for hydroxylation is 1. The molecule has 1 aromatic heterocycles. The third kappa shape index (κ3) is 4.51. The van der Waals surface area contributed by atoms with Gasteiger partial charge >= 0.3 is 0 Å². The van der Waals surface area contributed by atoms with Gasteiger partial charge in [0.15, 0.2) is 0 Å². The van der Waals surface area contributed by atoms with Gasteiger partial charge in [-0.15, -0.1) is 0 Å². The molecule has 0 saturated heterocycles. The molecule has 0 radical (unpaired) electrons. The molecule has 4 nitrogen and oxygen atoms in total. The fourth-order valence-electron chi connectivity index (χ4n) is 1.87. The van der Waals surface area contributed by atoms with E-state index in [0.717, 1.165) is 21.7 Å². The van der Waals surface area contributed by atoms with E-state index in [4.69, 9.17) is 4.42 Å². The Kier molecular flexibility index (Phi) is 4.98. The number of nitrogens with zero attached hydrogens (tertiary/aromatic N) is 1. The van der Waals surface area contributed by atoms with E-state index in [1.807, 2.05) is 55.3 Å². The van der Waals surface area contributed by atoms with Crippen molar-refractivity contribution in [2.45, 2.75) is 13.5 Å². The standard InChI is InChI=1S/C15H17BrN2O2/c1-11-3-8-14(20-11)9-18(2)10-15(19)17-13-6-4-12(16)5-7-13/h3-8H,9-10H2,1-2H3,(H,17,19). The van der Waals surface area contributed by atoms with Gasteiger partial charge in [0.1, 0.15) is 11.5 Å². The molecule has 0 fully saturated rings. The Bertz CT molecular complexity index is 578. The fourth-order valence-corrected chi connectivity index (χ4v) is 2.14. The van der Waals surface area contributed by atoms with Crippen LogP contribution in [-0.2, 0) is 11.3 Å². The van der Waals surface area contributed by atoms with Crippen LogP contribution in [0, 0.1) is 6.92 Å². The first-order chi connectivity index (χ1) is 9.52. The molecule has 1 aromatic carbocycles. The molecule has 2 rings (SSSR count). The van der Waals surface area contributed by atoms with Crippen LogP contribution in [0.3, 0.4) is 0 Å². The van der Waals surface area contributed by atoms with Crippen LogP contribution in [0.2, 0.25) is 0 Å². The minimum absolute atomic E-state index is 0.0434. The maximum absolute atomic E-state index is 11.9. The Morgan fingerprint density at radius 1 is 1.25 bits per heavy atom. The van der Waals surface area contributed by atoms with Gasteiger partial charge in [0, 0.05) is 10.2 Å². The number of rotatable bonds is 5. The molecule has 0 aliphatic rings. The number of furan rings is 1. The molecule has 0 saturated carbocycles. The third-order valence-corrected chi connectivity index (χ3v) is 3.29. The maximum Gasteiger partial charge on any atom is 0.238 e. The van der Waals surface area contributed by atoms with E-state index in [0.29, 0.717) is 13.1 Å². The largest absolute Gasteiger partial charge is 0.465 e. The molecule has 2 aromatic rings. The summed E-state index contributed by atoms with van der Waals surface area (Å²) < 4.78 is 6.48. The van der Waals surface area contributed by atoms with Gasteiger partial charge < -0.3 is 9.73 Å². The predicted octanol–water partition coefficient (Wildman–Crippen LogP) is 3.42. The Hall–Kier alpha value is -1.59. The lowest BCUT2D eigenvalue weighted by atomic mass is 10.3. The Morgan fingerprint density at radius 3 is 2.55 bits per heavy atom. The Labute approximate surface area is 126 Å². The molecule has 1 N–H and O–H groups in total. The number of likely N-dealkylation sites (N-methyl/N-ethyl adjacent to an activating group) is 1. The molecule has 0 aliphatic carbocycles. The zero-order valence-corrected chi connectivity index (χ0v) is 13.1. The van der Waals surface area contributed by atoms with E-state index < -0.39 is 0 Å². The number of carbonyl (C=O) groups is 1. The quantitative estimate of drug-likeness (QED) is 0.909. The van der Waals surface area contributed by atoms with Crippen molar-refractivity contribution in [2.75, 3.05) is 18.9 Å². The predicted molar refractivity (Wildman–Crippen MR) is 82.6 cm³/mol. The highest BCUT2D eigenvalue weighted by atomic mass is 79.9. The van der Waals surface area contributed by atoms with E-state index in [9.17, 15) is 4.79 Å². The van der Waals surface area contributed by atoms with E-state index in [1.165, 1.54) is 0 Å². The molecule has 0 bridgehead atoms. The lowest BCUT2D eigenvalue weighted by Crippen LogP contribution is -2.29. The summed E-state index contributed by atoms with van der Waals surface area (Å²) in [6.45, 7) is 2.83. The smallest absolute Gasteiger partial charge is 0.238 e. The molecule has 0 spiro atoms. The van der Waals surface area contributed by atoms with Crippen molar-refractivity contribution in [3.8, 4) is 0 Å². The first-order valence-corrected chi connectivity index (χ1v) is 7.11. The average molecular weight is 337 g/mol. The highest BCUT2D eigenvalue weighted by molar-refractivity contribution is 9.10. The number of carbonyl (C=O) groups excluding carboxylic acids is 1. The molecule has 20 heavy (non-hydrogen) atoms. The summed E-state index contributed by atoms with van der Waals surface area (Å²) in [4.78, 5) is 13.8. The molecule has 106 valence electrons. The van der Waals surface area contributed by atoms with E-state index in [-0.39, 0.29) is 5.91 Å². The van der Waals surface area contributed by atoms with Crippen molar-refractivity contribution in [2.24, 2.45) is 0 Å². The van der Waals surface area contributed by atoms with Gasteiger partial charge in [-0.05, 0) is 50.4 Å². The van der Waals surface area contributed by atoms with Crippen LogP contribution in [0.15, 0.2) is 45.3 Å². The number of halogens is 1. The Morgan fingerprint density at radius 2 is 1.95 bits per heavy atom. The molecular formula is C15H17BrN2O2. The van der Waals surface area contributed by atoms with E-state index in [2.05, 4.69) is 21.2 Å². The highest BCUT2D eigenvalue weighted by Gasteiger charge is 2.09. The second-order valence-electron chi connectivity index (χ2n) is 4.74. The van der Waals surface area contributed by atoms with E-state index in [1.54, 1.807) is 0 Å². The van der Waals surface area contributed by atoms with Gasteiger partial charge in [-0.25, -0.2) is 0 Å². The molecule has 0 aliphatic heterocycles. The fraction of sp³-hybridized carbons (Fsp3) is 0.267. The van der Waals surface area contributed by atoms with Crippen molar-refractivity contribution in [1.29, 1.82) is 0 Å². The lowest BCUT2D eigenvalue weighted by Gasteiger charge is -2.14. The second kappa shape index (κ2) is 6.72. The number of hydrogen-bond acceptors (Lipinski definition) is 3. The number of benzene rings is 1. The third-order valence-electron chi connectivity index (χ3n) is 2.76. The minimum atomic E-state index is -0.0434. The normalized spacial score (nSPS) is 10.8. The van der Waals surface area contributed by atoms with Crippen molar-refractivity contribution >= 4 is 27.5 Å². The second-order valence-corrected chi connectivity index (χ2v) is 5.66. The monoisotopic (exact) mass is 336 g/mol. The van der Waals surface area contributed by atoms with Gasteiger partial charge in [-0.1, -0.05) is 15.9 Å². The van der Waals surface area contributed by atoms with Crippen LogP contribution in [-0.4, -0.2) is 24.4 Å². The molecule has 0 atom stereocenters. The summed E-state index contributed by atoms with van der Waals surface area (Å²) in [5.74, 6) is 1.70. The summed E-state index contributed by atoms with van der Waals surface area (Å²) in [6.07, 6.45) is 0. The number of anilines is 1. The molecule has 5 heteroatoms. The molecule has 1 amide bonds. The van der Waals surface area contributed by atoms with Crippen molar-refractivity contribution in [3.05, 3.63) is 52.4 Å². The van der Waals surface area contributed by atoms with Crippen LogP contribution < -0.4 is 5.32 Å². The average Bonchev–Trinajstić information content (AvgIpc) is 2.77. The summed E-state index contributed by atoms with van der Waals surface area (Å²) in [6, 6.07) is 11.4. The molecule has 0 unspecified atom stereocenters. The topological polar surface area (TPSA) is 45.5 Å². The van der Waals surface area contributed by atoms with Gasteiger partial charge in [0.2, 0.25) is 5.91 Å². The summed E-state index contributed by atoms with van der Waals surface area (Å²) in [5, 5.41) is 2.86. The number of nitrogens with one attached hydrogen (secondary N) is 1. The first kappa shape index (κ1) is 14.8. The minimum Gasteiger partial charge on any atom is -0.465 e. The van der Waals surface area contributed by atoms with Crippen molar-refractivity contribution < 1.29 is 9.21 Å². The zero-order valence-electron chi connectivity index (χ0n) is 11.5. The van der Waals surface area contributed by atoms with Crippen LogP contribution >= 0.6 is 15.9 Å². The van der Waals surface area contributed by atoms with Crippen LogP contribution in [0.25, 0.3) is 0 Å². The Balaban J connectivity index is 1.83. The van der Waals surface area contributed by atoms with Gasteiger partial charge in [-0.2, -0.15) is 0 Å². The van der Waals surface area contributed by atoms with Gasteiger partial charge in [-0.3, -0.25) is 9.69 Å². The van der Waals surface area contributed by atoms with Crippen LogP contribution in [0.4, 0.5) is 5.69 Å². The van der Waals surface area contributed by atoms with Crippen molar-refractivity contribution in [1.82, 2.24) is 4.90 Å². The van der Waals surface area contributed by atoms with Crippen LogP contribution in [0.5, 0.6) is 0 Å². The lowest BCUT2D eigenvalue weighted by molar-refractivity contribution is -0.117. The summed E-state index contributed by atoms with van der Waals surface area (Å²) in [5.41, 5.74) is 0.792. The highest BCUT2D eigenvalue weighted by Crippen LogP contribution is 2.14.